The van der Waals surface area contributed by atoms with Crippen LogP contribution in [0.5, 0.6) is 0 Å². The van der Waals surface area contributed by atoms with Crippen LogP contribution in [0.25, 0.3) is 0 Å². The molecule has 0 spiro atoms. The minimum atomic E-state index is -0.334. The molecule has 2 atom stereocenters. The molecule has 1 aliphatic rings. The first-order valence-corrected chi connectivity index (χ1v) is 8.01. The topological polar surface area (TPSA) is 39.1 Å². The molecule has 0 amide bonds. The smallest absolute Gasteiger partial charge is 0.103 e. The highest BCUT2D eigenvalue weighted by Gasteiger charge is 2.22. The number of nitriles is 1. The summed E-state index contributed by atoms with van der Waals surface area (Å²) in [6, 6.07) is 3.16. The summed E-state index contributed by atoms with van der Waals surface area (Å²) in [4.78, 5) is 2.64. The molecule has 0 bridgehead atoms. The Morgan fingerprint density at radius 1 is 1.32 bits per heavy atom. The number of likely N-dealkylation sites (tertiary alicyclic amines) is 1. The van der Waals surface area contributed by atoms with Crippen LogP contribution in [0.2, 0.25) is 0 Å². The number of nitrogens with zero attached hydrogens (tertiary/aromatic N) is 2. The lowest BCUT2D eigenvalue weighted by Gasteiger charge is -2.27. The molecular formula is C16H31N3. The van der Waals surface area contributed by atoms with Gasteiger partial charge in [-0.2, -0.15) is 5.26 Å². The minimum Gasteiger partial charge on any atom is -0.301 e. The molecule has 110 valence electrons. The summed E-state index contributed by atoms with van der Waals surface area (Å²) in [5, 5.41) is 12.5. The van der Waals surface area contributed by atoms with Crippen molar-refractivity contribution in [1.29, 1.82) is 5.26 Å². The van der Waals surface area contributed by atoms with Crippen LogP contribution in [-0.2, 0) is 0 Å². The van der Waals surface area contributed by atoms with E-state index in [1.165, 1.54) is 45.2 Å². The molecule has 1 fully saturated rings. The Morgan fingerprint density at radius 2 is 2.11 bits per heavy atom. The number of rotatable bonds is 7. The Balaban J connectivity index is 2.24. The molecular weight excluding hydrogens is 234 g/mol. The monoisotopic (exact) mass is 265 g/mol. The SMILES string of the molecule is CCNC(C)(C#N)CCCCN1CCCCCC1C. The van der Waals surface area contributed by atoms with Gasteiger partial charge in [0, 0.05) is 6.04 Å². The van der Waals surface area contributed by atoms with Crippen molar-refractivity contribution in [2.24, 2.45) is 0 Å². The third kappa shape index (κ3) is 5.93. The van der Waals surface area contributed by atoms with Crippen molar-refractivity contribution in [1.82, 2.24) is 10.2 Å². The quantitative estimate of drug-likeness (QED) is 0.718. The predicted octanol–water partition coefficient (Wildman–Crippen LogP) is 3.31. The molecule has 1 heterocycles. The molecule has 3 heteroatoms. The molecule has 1 aliphatic heterocycles. The molecule has 19 heavy (non-hydrogen) atoms. The van der Waals surface area contributed by atoms with Crippen LogP contribution in [0.4, 0.5) is 0 Å². The van der Waals surface area contributed by atoms with E-state index in [2.05, 4.69) is 30.1 Å². The van der Waals surface area contributed by atoms with Gasteiger partial charge in [-0.3, -0.25) is 5.32 Å². The molecule has 0 aliphatic carbocycles. The third-order valence-electron chi connectivity index (χ3n) is 4.38. The molecule has 0 aromatic heterocycles. The van der Waals surface area contributed by atoms with Gasteiger partial charge in [-0.15, -0.1) is 0 Å². The van der Waals surface area contributed by atoms with Crippen LogP contribution in [0.15, 0.2) is 0 Å². The fraction of sp³-hybridized carbons (Fsp3) is 0.938. The molecule has 0 aromatic rings. The van der Waals surface area contributed by atoms with E-state index in [9.17, 15) is 5.26 Å². The summed E-state index contributed by atoms with van der Waals surface area (Å²) in [5.74, 6) is 0. The lowest BCUT2D eigenvalue weighted by molar-refractivity contribution is 0.207. The van der Waals surface area contributed by atoms with Gasteiger partial charge in [0.25, 0.3) is 0 Å². The van der Waals surface area contributed by atoms with Crippen molar-refractivity contribution in [3.63, 3.8) is 0 Å². The average molecular weight is 265 g/mol. The maximum Gasteiger partial charge on any atom is 0.103 e. The first-order valence-electron chi connectivity index (χ1n) is 8.01. The lowest BCUT2D eigenvalue weighted by Crippen LogP contribution is -2.41. The van der Waals surface area contributed by atoms with Gasteiger partial charge in [-0.25, -0.2) is 0 Å². The first kappa shape index (κ1) is 16.5. The van der Waals surface area contributed by atoms with E-state index in [-0.39, 0.29) is 5.54 Å². The van der Waals surface area contributed by atoms with Crippen molar-refractivity contribution >= 4 is 0 Å². The summed E-state index contributed by atoms with van der Waals surface area (Å²) in [6.07, 6.45) is 8.82. The normalized spacial score (nSPS) is 24.4. The molecule has 1 saturated heterocycles. The molecule has 3 nitrogen and oxygen atoms in total. The van der Waals surface area contributed by atoms with E-state index >= 15 is 0 Å². The highest BCUT2D eigenvalue weighted by Crippen LogP contribution is 2.18. The molecule has 0 aromatic carbocycles. The van der Waals surface area contributed by atoms with Gasteiger partial charge >= 0.3 is 0 Å². The molecule has 0 radical (unpaired) electrons. The van der Waals surface area contributed by atoms with Crippen LogP contribution in [0.3, 0.4) is 0 Å². The Kier molecular flexibility index (Phi) is 7.41. The van der Waals surface area contributed by atoms with Crippen molar-refractivity contribution in [3.8, 4) is 6.07 Å². The van der Waals surface area contributed by atoms with E-state index in [1.54, 1.807) is 0 Å². The number of nitrogens with one attached hydrogen (secondary N) is 1. The van der Waals surface area contributed by atoms with Crippen LogP contribution < -0.4 is 5.32 Å². The second-order valence-electron chi connectivity index (χ2n) is 6.17. The van der Waals surface area contributed by atoms with Crippen molar-refractivity contribution in [2.75, 3.05) is 19.6 Å². The van der Waals surface area contributed by atoms with E-state index in [0.29, 0.717) is 0 Å². The van der Waals surface area contributed by atoms with Crippen LogP contribution >= 0.6 is 0 Å². The number of hydrogen-bond acceptors (Lipinski definition) is 3. The first-order chi connectivity index (χ1) is 9.11. The third-order valence-corrected chi connectivity index (χ3v) is 4.38. The molecule has 1 N–H and O–H groups in total. The van der Waals surface area contributed by atoms with E-state index in [4.69, 9.17) is 0 Å². The average Bonchev–Trinajstić information content (AvgIpc) is 2.60. The molecule has 2 unspecified atom stereocenters. The van der Waals surface area contributed by atoms with Crippen LogP contribution in [0.1, 0.15) is 65.7 Å². The standard InChI is InChI=1S/C16H31N3/c1-4-18-16(3,14-17)11-7-9-13-19-12-8-5-6-10-15(19)2/h15,18H,4-13H2,1-3H3. The fourth-order valence-corrected chi connectivity index (χ4v) is 3.03. The predicted molar refractivity (Wildman–Crippen MR) is 81.0 cm³/mol. The second-order valence-corrected chi connectivity index (χ2v) is 6.17. The highest BCUT2D eigenvalue weighted by molar-refractivity contribution is 5.03. The van der Waals surface area contributed by atoms with Crippen LogP contribution in [-0.4, -0.2) is 36.1 Å². The minimum absolute atomic E-state index is 0.334. The second kappa shape index (κ2) is 8.55. The van der Waals surface area contributed by atoms with Gasteiger partial charge in [0.1, 0.15) is 5.54 Å². The van der Waals surface area contributed by atoms with Gasteiger partial charge in [0.15, 0.2) is 0 Å². The maximum absolute atomic E-state index is 9.22. The highest BCUT2D eigenvalue weighted by atomic mass is 15.1. The van der Waals surface area contributed by atoms with E-state index in [1.807, 2.05) is 6.92 Å². The zero-order chi connectivity index (χ0) is 14.1. The Labute approximate surface area is 119 Å². The summed E-state index contributed by atoms with van der Waals surface area (Å²) < 4.78 is 0. The van der Waals surface area contributed by atoms with Gasteiger partial charge < -0.3 is 4.90 Å². The number of hydrogen-bond donors (Lipinski definition) is 1. The van der Waals surface area contributed by atoms with E-state index < -0.39 is 0 Å². The van der Waals surface area contributed by atoms with Gasteiger partial charge in [0.05, 0.1) is 6.07 Å². The lowest BCUT2D eigenvalue weighted by atomic mass is 9.96. The largest absolute Gasteiger partial charge is 0.301 e. The Morgan fingerprint density at radius 3 is 2.79 bits per heavy atom. The van der Waals surface area contributed by atoms with Gasteiger partial charge in [-0.1, -0.05) is 19.8 Å². The summed E-state index contributed by atoms with van der Waals surface area (Å²) >= 11 is 0. The van der Waals surface area contributed by atoms with Crippen molar-refractivity contribution < 1.29 is 0 Å². The Bertz CT molecular complexity index is 284. The molecule has 1 rings (SSSR count). The summed E-state index contributed by atoms with van der Waals surface area (Å²) in [7, 11) is 0. The van der Waals surface area contributed by atoms with Crippen LogP contribution in [0, 0.1) is 11.3 Å². The fourth-order valence-electron chi connectivity index (χ4n) is 3.03. The van der Waals surface area contributed by atoms with Crippen molar-refractivity contribution in [3.05, 3.63) is 0 Å². The van der Waals surface area contributed by atoms with E-state index in [0.717, 1.165) is 25.4 Å². The zero-order valence-electron chi connectivity index (χ0n) is 13.0. The Hall–Kier alpha value is -0.590. The van der Waals surface area contributed by atoms with Gasteiger partial charge in [-0.05, 0) is 65.6 Å². The maximum atomic E-state index is 9.22. The van der Waals surface area contributed by atoms with Crippen molar-refractivity contribution in [2.45, 2.75) is 77.3 Å². The summed E-state index contributed by atoms with van der Waals surface area (Å²) in [6.45, 7) is 9.79. The van der Waals surface area contributed by atoms with Gasteiger partial charge in [0.2, 0.25) is 0 Å². The zero-order valence-corrected chi connectivity index (χ0v) is 13.0. The molecule has 0 saturated carbocycles. The number of unbranched alkanes of at least 4 members (excludes halogenated alkanes) is 1. The summed E-state index contributed by atoms with van der Waals surface area (Å²) in [5.41, 5.74) is -0.334.